The van der Waals surface area contributed by atoms with Gasteiger partial charge in [-0.15, -0.1) is 11.8 Å². The van der Waals surface area contributed by atoms with E-state index in [-0.39, 0.29) is 11.2 Å². The summed E-state index contributed by atoms with van der Waals surface area (Å²) >= 11 is 1.58. The third-order valence-corrected chi connectivity index (χ3v) is 7.22. The maximum absolute atomic E-state index is 13.9. The number of benzene rings is 3. The van der Waals surface area contributed by atoms with Crippen LogP contribution in [0.25, 0.3) is 0 Å². The lowest BCUT2D eigenvalue weighted by molar-refractivity contribution is -0.159. The number of nitrogens with one attached hydrogen (secondary N) is 1. The summed E-state index contributed by atoms with van der Waals surface area (Å²) in [6.07, 6.45) is -0.963. The summed E-state index contributed by atoms with van der Waals surface area (Å²) in [7, 11) is 1.86. The molecule has 9 nitrogen and oxygen atoms in total. The van der Waals surface area contributed by atoms with Gasteiger partial charge in [0.15, 0.2) is 6.10 Å². The zero-order valence-electron chi connectivity index (χ0n) is 21.8. The molecule has 3 N–H and O–H groups in total. The van der Waals surface area contributed by atoms with Crippen LogP contribution in [0.1, 0.15) is 32.3 Å². The molecule has 0 saturated heterocycles. The Balaban J connectivity index is 0.000000631. The molecule has 3 aromatic rings. The average Bonchev–Trinajstić information content (AvgIpc) is 3.02. The fourth-order valence-electron chi connectivity index (χ4n) is 3.86. The number of carboxylic acid groups (broad SMARTS) is 2. The minimum atomic E-state index is -1.82. The van der Waals surface area contributed by atoms with Crippen LogP contribution in [-0.2, 0) is 19.1 Å². The van der Waals surface area contributed by atoms with E-state index in [1.807, 2.05) is 63.4 Å². The number of carbonyl (C=O) groups is 4. The zero-order chi connectivity index (χ0) is 28.5. The number of hydrogen-bond donors (Lipinski definition) is 3. The van der Waals surface area contributed by atoms with Crippen molar-refractivity contribution in [1.82, 2.24) is 5.32 Å². The molecule has 10 heteroatoms. The summed E-state index contributed by atoms with van der Waals surface area (Å²) in [6, 6.07) is 23.0. The molecular formula is C29H30N2O7S. The van der Waals surface area contributed by atoms with Crippen LogP contribution in [0.2, 0.25) is 0 Å². The first kappa shape index (κ1) is 29.4. The summed E-state index contributed by atoms with van der Waals surface area (Å²) in [6.45, 7) is 5.17. The van der Waals surface area contributed by atoms with Gasteiger partial charge in [0, 0.05) is 18.0 Å². The first-order chi connectivity index (χ1) is 18.6. The average molecular weight is 551 g/mol. The Hall–Kier alpha value is -4.15. The molecule has 0 fully saturated rings. The van der Waals surface area contributed by atoms with E-state index in [4.69, 9.17) is 24.5 Å². The number of esters is 1. The number of ether oxygens (including phenoxy) is 1. The summed E-state index contributed by atoms with van der Waals surface area (Å²) in [5.41, 5.74) is 4.48. The summed E-state index contributed by atoms with van der Waals surface area (Å²) in [5, 5.41) is 17.5. The predicted molar refractivity (Wildman–Crippen MR) is 148 cm³/mol. The van der Waals surface area contributed by atoms with Crippen LogP contribution in [0.5, 0.6) is 0 Å². The Morgan fingerprint density at radius 1 is 0.923 bits per heavy atom. The van der Waals surface area contributed by atoms with Crippen molar-refractivity contribution < 1.29 is 34.1 Å². The number of rotatable bonds is 6. The molecule has 204 valence electrons. The molecule has 0 spiro atoms. The lowest BCUT2D eigenvalue weighted by Crippen LogP contribution is -2.45. The summed E-state index contributed by atoms with van der Waals surface area (Å²) < 4.78 is 5.97. The van der Waals surface area contributed by atoms with Crippen LogP contribution in [-0.4, -0.2) is 60.3 Å². The van der Waals surface area contributed by atoms with Crippen LogP contribution < -0.4 is 10.2 Å². The van der Waals surface area contributed by atoms with E-state index in [1.54, 1.807) is 40.9 Å². The van der Waals surface area contributed by atoms with Gasteiger partial charge in [0.25, 0.3) is 5.91 Å². The molecule has 0 saturated carbocycles. The van der Waals surface area contributed by atoms with Crippen LogP contribution >= 0.6 is 11.8 Å². The number of aliphatic carboxylic acids is 2. The van der Waals surface area contributed by atoms with Gasteiger partial charge >= 0.3 is 17.9 Å². The van der Waals surface area contributed by atoms with Crippen molar-refractivity contribution in [2.45, 2.75) is 30.1 Å². The van der Waals surface area contributed by atoms with E-state index in [2.05, 4.69) is 11.4 Å². The molecule has 39 heavy (non-hydrogen) atoms. The predicted octanol–water partition coefficient (Wildman–Crippen LogP) is 4.08. The van der Waals surface area contributed by atoms with Gasteiger partial charge < -0.3 is 25.2 Å². The highest BCUT2D eigenvalue weighted by molar-refractivity contribution is 7.99. The highest BCUT2D eigenvalue weighted by atomic mass is 32.2. The Bertz CT molecular complexity index is 1320. The number of nitrogens with zero attached hydrogens (tertiary/aromatic N) is 1. The molecular weight excluding hydrogens is 520 g/mol. The molecule has 0 aliphatic carbocycles. The van der Waals surface area contributed by atoms with Crippen molar-refractivity contribution in [2.24, 2.45) is 0 Å². The van der Waals surface area contributed by atoms with Gasteiger partial charge in [0.2, 0.25) is 0 Å². The Morgan fingerprint density at radius 3 is 2.13 bits per heavy atom. The topological polar surface area (TPSA) is 133 Å². The van der Waals surface area contributed by atoms with Crippen LogP contribution in [0, 0.1) is 13.8 Å². The number of carboxylic acids is 2. The molecule has 4 rings (SSSR count). The minimum Gasteiger partial charge on any atom is -0.473 e. The Kier molecular flexibility index (Phi) is 10.2. The fraction of sp³-hybridized carbons (Fsp3) is 0.241. The highest BCUT2D eigenvalue weighted by Crippen LogP contribution is 2.47. The van der Waals surface area contributed by atoms with E-state index >= 15 is 0 Å². The van der Waals surface area contributed by atoms with E-state index in [9.17, 15) is 9.59 Å². The van der Waals surface area contributed by atoms with Gasteiger partial charge in [-0.05, 0) is 56.3 Å². The Labute approximate surface area is 230 Å². The molecule has 2 unspecified atom stereocenters. The van der Waals surface area contributed by atoms with Gasteiger partial charge in [0.05, 0.1) is 16.5 Å². The maximum Gasteiger partial charge on any atom is 0.414 e. The molecule has 1 heterocycles. The molecule has 0 radical (unpaired) electrons. The molecule has 1 aliphatic rings. The number of carbonyl (C=O) groups excluding carboxylic acids is 2. The monoisotopic (exact) mass is 550 g/mol. The van der Waals surface area contributed by atoms with Crippen molar-refractivity contribution in [3.8, 4) is 0 Å². The second-order valence-corrected chi connectivity index (χ2v) is 10.00. The van der Waals surface area contributed by atoms with Gasteiger partial charge in [-0.3, -0.25) is 4.79 Å². The van der Waals surface area contributed by atoms with Crippen molar-refractivity contribution in [3.63, 3.8) is 0 Å². The second-order valence-electron chi connectivity index (χ2n) is 8.82. The quantitative estimate of drug-likeness (QED) is 0.307. The van der Waals surface area contributed by atoms with E-state index < -0.39 is 24.0 Å². The number of fused-ring (bicyclic) bond motifs is 1. The first-order valence-corrected chi connectivity index (χ1v) is 13.0. The Morgan fingerprint density at radius 2 is 1.54 bits per heavy atom. The van der Waals surface area contributed by atoms with E-state index in [0.717, 1.165) is 27.3 Å². The number of hydrogen-bond acceptors (Lipinski definition) is 7. The van der Waals surface area contributed by atoms with Gasteiger partial charge in [-0.1, -0.05) is 54.1 Å². The fourth-order valence-corrected chi connectivity index (χ4v) is 5.28. The normalized spacial score (nSPS) is 16.3. The van der Waals surface area contributed by atoms with Crippen molar-refractivity contribution >= 4 is 41.3 Å². The smallest absolute Gasteiger partial charge is 0.414 e. The minimum absolute atomic E-state index is 0.213. The molecule has 3 aromatic carbocycles. The number of aryl methyl sites for hydroxylation is 2. The molecule has 1 amide bonds. The van der Waals surface area contributed by atoms with Crippen LogP contribution in [0.4, 0.5) is 5.69 Å². The lowest BCUT2D eigenvalue weighted by Gasteiger charge is -2.28. The lowest BCUT2D eigenvalue weighted by atomic mass is 10.0. The molecule has 0 bridgehead atoms. The molecule has 2 atom stereocenters. The first-order valence-electron chi connectivity index (χ1n) is 12.1. The summed E-state index contributed by atoms with van der Waals surface area (Å²) in [5.74, 6) is -4.36. The van der Waals surface area contributed by atoms with Crippen molar-refractivity contribution in [3.05, 3.63) is 95.1 Å². The molecule has 0 aromatic heterocycles. The summed E-state index contributed by atoms with van der Waals surface area (Å²) in [4.78, 5) is 47.9. The molecule has 1 aliphatic heterocycles. The van der Waals surface area contributed by atoms with Crippen molar-refractivity contribution in [2.75, 3.05) is 25.0 Å². The second kappa shape index (κ2) is 13.6. The standard InChI is InChI=1S/C27H28N2O3S.C2H2O4/c1-18-9-12-20(13-10-18)25-24(32-27(31)21-7-5-4-6-8-21)26(30)29(16-15-28-3)22-14-11-19(2)17-23(22)33-25;3-1(4)2(5)6/h4-14,17,24-25,28H,15-16H2,1-3H3;(H,3,4)(H,5,6). The van der Waals surface area contributed by atoms with Crippen LogP contribution in [0.15, 0.2) is 77.7 Å². The van der Waals surface area contributed by atoms with Gasteiger partial charge in [0.1, 0.15) is 0 Å². The maximum atomic E-state index is 13.9. The third-order valence-electron chi connectivity index (χ3n) is 5.86. The van der Waals surface area contributed by atoms with E-state index in [1.165, 1.54) is 0 Å². The highest BCUT2D eigenvalue weighted by Gasteiger charge is 2.41. The third kappa shape index (κ3) is 7.68. The number of amides is 1. The van der Waals surface area contributed by atoms with Crippen molar-refractivity contribution in [1.29, 1.82) is 0 Å². The number of likely N-dealkylation sites (N-methyl/N-ethyl adjacent to an activating group) is 1. The SMILES string of the molecule is CNCCN1C(=O)C(OC(=O)c2ccccc2)C(c2ccc(C)cc2)Sc2cc(C)ccc21.O=C(O)C(=O)O. The largest absolute Gasteiger partial charge is 0.473 e. The number of thioether (sulfide) groups is 1. The zero-order valence-corrected chi connectivity index (χ0v) is 22.6. The van der Waals surface area contributed by atoms with Crippen LogP contribution in [0.3, 0.4) is 0 Å². The van der Waals surface area contributed by atoms with Gasteiger partial charge in [-0.25, -0.2) is 14.4 Å². The number of anilines is 1. The van der Waals surface area contributed by atoms with E-state index in [0.29, 0.717) is 18.7 Å². The van der Waals surface area contributed by atoms with Gasteiger partial charge in [-0.2, -0.15) is 0 Å².